The Hall–Kier alpha value is -2.86. The van der Waals surface area contributed by atoms with Crippen molar-refractivity contribution in [3.63, 3.8) is 0 Å². The lowest BCUT2D eigenvalue weighted by molar-refractivity contribution is -0.148. The third kappa shape index (κ3) is 9.38. The normalized spacial score (nSPS) is 16.3. The molecule has 2 heterocycles. The van der Waals surface area contributed by atoms with E-state index in [9.17, 15) is 24.3 Å². The molecule has 0 aliphatic heterocycles. The van der Waals surface area contributed by atoms with E-state index in [1.165, 1.54) is 29.6 Å². The van der Waals surface area contributed by atoms with Gasteiger partial charge in [0.15, 0.2) is 6.10 Å². The number of nitrogens with zero attached hydrogens (tertiary/aromatic N) is 3. The smallest absolute Gasteiger partial charge is 0.306 e. The molecule has 0 saturated heterocycles. The summed E-state index contributed by atoms with van der Waals surface area (Å²) in [6.45, 7) is 6.98. The average molecular weight is 579 g/mol. The second-order valence-electron chi connectivity index (χ2n) is 10.6. The largest absolute Gasteiger partial charge is 0.481 e. The monoisotopic (exact) mass is 578 g/mol. The van der Waals surface area contributed by atoms with E-state index in [0.717, 1.165) is 17.8 Å². The Balaban J connectivity index is 1.74. The first-order chi connectivity index (χ1) is 18.4. The molecule has 1 unspecified atom stereocenters. The van der Waals surface area contributed by atoms with Gasteiger partial charge in [0.25, 0.3) is 5.91 Å². The molecule has 1 aliphatic carbocycles. The maximum absolute atomic E-state index is 13.1. The Bertz CT molecular complexity index is 1130. The molecule has 10 nitrogen and oxygen atoms in total. The molecule has 2 N–H and O–H groups in total. The summed E-state index contributed by atoms with van der Waals surface area (Å²) in [5, 5.41) is 17.0. The molecular weight excluding hydrogens is 540 g/mol. The molecule has 3 rings (SSSR count). The van der Waals surface area contributed by atoms with Gasteiger partial charge in [0.05, 0.1) is 10.9 Å². The summed E-state index contributed by atoms with van der Waals surface area (Å²) in [5.74, 6) is -1.83. The number of aliphatic carboxylic acids is 1. The highest BCUT2D eigenvalue weighted by Crippen LogP contribution is 2.35. The second kappa shape index (κ2) is 14.0. The molecule has 0 spiro atoms. The van der Waals surface area contributed by atoms with Crippen molar-refractivity contribution in [2.75, 3.05) is 7.05 Å². The number of nitrogens with one attached hydrogen (secondary N) is 1. The number of hydrogen-bond donors (Lipinski definition) is 2. The molecule has 4 atom stereocenters. The first-order valence-electron chi connectivity index (χ1n) is 13.2. The molecular formula is C27H38N4O6S2. The summed E-state index contributed by atoms with van der Waals surface area (Å²) in [7, 11) is 1.79. The number of hydrogen-bond acceptors (Lipinski definition) is 9. The molecule has 1 saturated carbocycles. The number of carbonyl (C=O) groups is 4. The van der Waals surface area contributed by atoms with E-state index in [1.807, 2.05) is 19.2 Å². The first-order valence-corrected chi connectivity index (χ1v) is 15.0. The zero-order valence-corrected chi connectivity index (χ0v) is 24.7. The van der Waals surface area contributed by atoms with Crippen LogP contribution in [0.3, 0.4) is 0 Å². The Labute approximate surface area is 237 Å². The Kier molecular flexibility index (Phi) is 11.0. The summed E-state index contributed by atoms with van der Waals surface area (Å²) < 4.78 is 5.63. The third-order valence-electron chi connectivity index (χ3n) is 6.91. The van der Waals surface area contributed by atoms with Gasteiger partial charge in [-0.1, -0.05) is 20.8 Å². The number of aromatic nitrogens is 2. The number of esters is 1. The van der Waals surface area contributed by atoms with E-state index in [2.05, 4.69) is 15.3 Å². The summed E-state index contributed by atoms with van der Waals surface area (Å²) in [5.41, 5.74) is 0.165. The molecule has 0 bridgehead atoms. The number of amides is 2. The number of carboxylic acids is 1. The van der Waals surface area contributed by atoms with Gasteiger partial charge in [0.1, 0.15) is 10.7 Å². The number of rotatable bonds is 15. The van der Waals surface area contributed by atoms with Crippen molar-refractivity contribution in [3.05, 3.63) is 32.7 Å². The van der Waals surface area contributed by atoms with Crippen LogP contribution < -0.4 is 5.32 Å². The van der Waals surface area contributed by atoms with Crippen LogP contribution in [0.25, 0.3) is 0 Å². The van der Waals surface area contributed by atoms with Gasteiger partial charge in [0, 0.05) is 62.3 Å². The molecule has 1 aliphatic rings. The van der Waals surface area contributed by atoms with Crippen LogP contribution in [0.2, 0.25) is 0 Å². The van der Waals surface area contributed by atoms with Crippen LogP contribution in [-0.2, 0) is 25.5 Å². The van der Waals surface area contributed by atoms with Crippen LogP contribution in [0.15, 0.2) is 17.0 Å². The summed E-state index contributed by atoms with van der Waals surface area (Å²) >= 11 is 2.66. The van der Waals surface area contributed by atoms with Crippen molar-refractivity contribution in [2.24, 2.45) is 17.8 Å². The minimum absolute atomic E-state index is 0.0823. The van der Waals surface area contributed by atoms with Gasteiger partial charge in [0.2, 0.25) is 5.91 Å². The fraction of sp³-hybridized carbons (Fsp3) is 0.630. The van der Waals surface area contributed by atoms with Crippen molar-refractivity contribution >= 4 is 46.4 Å². The van der Waals surface area contributed by atoms with Gasteiger partial charge in [-0.05, 0) is 31.1 Å². The van der Waals surface area contributed by atoms with E-state index in [-0.39, 0.29) is 30.0 Å². The predicted molar refractivity (Wildman–Crippen MR) is 148 cm³/mol. The molecule has 2 aromatic heterocycles. The Morgan fingerprint density at radius 2 is 1.90 bits per heavy atom. The molecule has 214 valence electrons. The SMILES string of the molecule is CC(=O)O[C@H](CC(C(C)C)N(C)C(=O)CC1CC1)c1nc(C(=O)N[C@@H](Cc2nccs2)C[C@H](C)C(=O)O)cs1. The summed E-state index contributed by atoms with van der Waals surface area (Å²) in [6.07, 6.45) is 4.68. The van der Waals surface area contributed by atoms with Crippen LogP contribution in [0, 0.1) is 17.8 Å². The van der Waals surface area contributed by atoms with Crippen molar-refractivity contribution in [2.45, 2.75) is 84.4 Å². The number of carbonyl (C=O) groups excluding carboxylic acids is 3. The summed E-state index contributed by atoms with van der Waals surface area (Å²) in [6, 6.07) is -0.623. The standard InChI is InChI=1S/C27H38N4O6S2/c1-15(2)21(31(5)24(33)11-18-6-7-18)13-22(37-17(4)32)26-30-20(14-39-26)25(34)29-19(10-16(3)27(35)36)12-23-28-8-9-38-23/h8-9,14-16,18-19,21-22H,6-7,10-13H2,1-5H3,(H,29,34)(H,35,36)/t16-,19+,21?,22+/m0/s1. The molecule has 2 aromatic rings. The number of thiazole rings is 2. The predicted octanol–water partition coefficient (Wildman–Crippen LogP) is 4.33. The first kappa shape index (κ1) is 30.7. The van der Waals surface area contributed by atoms with E-state index in [1.54, 1.807) is 30.4 Å². The van der Waals surface area contributed by atoms with Gasteiger partial charge >= 0.3 is 11.9 Å². The zero-order chi connectivity index (χ0) is 28.7. The third-order valence-corrected chi connectivity index (χ3v) is 8.65. The lowest BCUT2D eigenvalue weighted by Gasteiger charge is -2.33. The molecule has 0 radical (unpaired) electrons. The van der Waals surface area contributed by atoms with Gasteiger partial charge in [-0.2, -0.15) is 0 Å². The minimum atomic E-state index is -0.936. The molecule has 39 heavy (non-hydrogen) atoms. The fourth-order valence-electron chi connectivity index (χ4n) is 4.48. The van der Waals surface area contributed by atoms with Gasteiger partial charge in [-0.25, -0.2) is 9.97 Å². The van der Waals surface area contributed by atoms with Crippen molar-refractivity contribution < 1.29 is 29.0 Å². The maximum Gasteiger partial charge on any atom is 0.306 e. The molecule has 1 fully saturated rings. The van der Waals surface area contributed by atoms with Gasteiger partial charge in [-0.3, -0.25) is 19.2 Å². The average Bonchev–Trinajstić information content (AvgIpc) is 3.30. The minimum Gasteiger partial charge on any atom is -0.481 e. The molecule has 12 heteroatoms. The highest BCUT2D eigenvalue weighted by molar-refractivity contribution is 7.10. The molecule has 2 amide bonds. The lowest BCUT2D eigenvalue weighted by atomic mass is 9.96. The number of carboxylic acid groups (broad SMARTS) is 1. The molecule has 0 aromatic carbocycles. The van der Waals surface area contributed by atoms with Crippen LogP contribution in [-0.4, -0.2) is 62.9 Å². The van der Waals surface area contributed by atoms with Crippen LogP contribution in [0.4, 0.5) is 0 Å². The second-order valence-corrected chi connectivity index (χ2v) is 12.5. The topological polar surface area (TPSA) is 139 Å². The Morgan fingerprint density at radius 1 is 1.18 bits per heavy atom. The van der Waals surface area contributed by atoms with Crippen molar-refractivity contribution in [3.8, 4) is 0 Å². The lowest BCUT2D eigenvalue weighted by Crippen LogP contribution is -2.42. The van der Waals surface area contributed by atoms with E-state index in [0.29, 0.717) is 30.2 Å². The van der Waals surface area contributed by atoms with Gasteiger partial charge < -0.3 is 20.1 Å². The van der Waals surface area contributed by atoms with Crippen LogP contribution >= 0.6 is 22.7 Å². The van der Waals surface area contributed by atoms with Crippen molar-refractivity contribution in [1.29, 1.82) is 0 Å². The van der Waals surface area contributed by atoms with E-state index in [4.69, 9.17) is 4.74 Å². The van der Waals surface area contributed by atoms with Crippen LogP contribution in [0.5, 0.6) is 0 Å². The Morgan fingerprint density at radius 3 is 2.46 bits per heavy atom. The van der Waals surface area contributed by atoms with E-state index < -0.39 is 35.9 Å². The fourth-order valence-corrected chi connectivity index (χ4v) is 6.02. The highest BCUT2D eigenvalue weighted by Gasteiger charge is 2.33. The number of ether oxygens (including phenoxy) is 1. The highest BCUT2D eigenvalue weighted by atomic mass is 32.1. The van der Waals surface area contributed by atoms with Crippen molar-refractivity contribution in [1.82, 2.24) is 20.2 Å². The van der Waals surface area contributed by atoms with Gasteiger partial charge in [-0.15, -0.1) is 22.7 Å². The quantitative estimate of drug-likeness (QED) is 0.298. The van der Waals surface area contributed by atoms with E-state index >= 15 is 0 Å². The zero-order valence-electron chi connectivity index (χ0n) is 23.1. The van der Waals surface area contributed by atoms with Crippen LogP contribution in [0.1, 0.15) is 86.4 Å². The maximum atomic E-state index is 13.1. The summed E-state index contributed by atoms with van der Waals surface area (Å²) in [4.78, 5) is 59.9.